The number of nitrogens with one attached hydrogen (secondary N) is 2. The first-order valence-electron chi connectivity index (χ1n) is 7.18. The molecule has 1 saturated carbocycles. The van der Waals surface area contributed by atoms with Crippen LogP contribution < -0.4 is 11.1 Å². The molecule has 22 heavy (non-hydrogen) atoms. The van der Waals surface area contributed by atoms with Crippen LogP contribution >= 0.6 is 24.8 Å². The normalized spacial score (nSPS) is 15.4. The van der Waals surface area contributed by atoms with Crippen molar-refractivity contribution in [2.75, 3.05) is 11.9 Å². The summed E-state index contributed by atoms with van der Waals surface area (Å²) in [5, 5.41) is 2.88. The van der Waals surface area contributed by atoms with Crippen molar-refractivity contribution in [3.63, 3.8) is 0 Å². The van der Waals surface area contributed by atoms with Crippen molar-refractivity contribution >= 4 is 47.4 Å². The number of hydrogen-bond acceptors (Lipinski definition) is 3. The Labute approximate surface area is 142 Å². The van der Waals surface area contributed by atoms with Crippen LogP contribution in [0.25, 0.3) is 11.0 Å². The fraction of sp³-hybridized carbons (Fsp3) is 0.467. The lowest BCUT2D eigenvalue weighted by molar-refractivity contribution is -0.119. The number of H-pyrrole nitrogens is 1. The van der Waals surface area contributed by atoms with Crippen molar-refractivity contribution in [1.82, 2.24) is 9.97 Å². The lowest BCUT2D eigenvalue weighted by Gasteiger charge is -2.22. The summed E-state index contributed by atoms with van der Waals surface area (Å²) in [7, 11) is 0. The van der Waals surface area contributed by atoms with Crippen LogP contribution in [0.3, 0.4) is 0 Å². The lowest BCUT2D eigenvalue weighted by Crippen LogP contribution is -2.26. The highest BCUT2D eigenvalue weighted by molar-refractivity contribution is 5.94. The van der Waals surface area contributed by atoms with Crippen LogP contribution in [0, 0.1) is 5.92 Å². The third-order valence-electron chi connectivity index (χ3n) is 4.06. The largest absolute Gasteiger partial charge is 0.342 e. The quantitative estimate of drug-likeness (QED) is 0.796. The van der Waals surface area contributed by atoms with Crippen LogP contribution in [0.15, 0.2) is 18.2 Å². The Morgan fingerprint density at radius 3 is 2.77 bits per heavy atom. The summed E-state index contributed by atoms with van der Waals surface area (Å²) < 4.78 is 0. The molecule has 2 aromatic rings. The van der Waals surface area contributed by atoms with Crippen molar-refractivity contribution in [3.05, 3.63) is 24.0 Å². The Balaban J connectivity index is 0.00000121. The Kier molecular flexibility index (Phi) is 6.66. The van der Waals surface area contributed by atoms with Crippen LogP contribution in [-0.4, -0.2) is 22.4 Å². The molecule has 3 rings (SSSR count). The number of carbonyl (C=O) groups is 1. The van der Waals surface area contributed by atoms with Gasteiger partial charge in [0.1, 0.15) is 5.82 Å². The molecular formula is C15H22Cl2N4O. The molecule has 1 aliphatic rings. The van der Waals surface area contributed by atoms with Gasteiger partial charge in [-0.3, -0.25) is 4.79 Å². The second-order valence-electron chi connectivity index (χ2n) is 5.61. The monoisotopic (exact) mass is 344 g/mol. The molecule has 7 heteroatoms. The van der Waals surface area contributed by atoms with Gasteiger partial charge in [0.15, 0.2) is 0 Å². The zero-order valence-electron chi connectivity index (χ0n) is 12.5. The van der Waals surface area contributed by atoms with E-state index < -0.39 is 0 Å². The summed E-state index contributed by atoms with van der Waals surface area (Å²) in [5.41, 5.74) is 8.21. The number of benzene rings is 1. The Morgan fingerprint density at radius 1 is 1.45 bits per heavy atom. The first kappa shape index (κ1) is 18.7. The Morgan fingerprint density at radius 2 is 2.18 bits per heavy atom. The number of imidazole rings is 1. The molecule has 0 spiro atoms. The summed E-state index contributed by atoms with van der Waals surface area (Å²) in [5.74, 6) is 1.42. The van der Waals surface area contributed by atoms with Crippen molar-refractivity contribution < 1.29 is 4.79 Å². The zero-order chi connectivity index (χ0) is 14.1. The lowest BCUT2D eigenvalue weighted by atomic mass is 9.85. The van der Waals surface area contributed by atoms with Gasteiger partial charge in [-0.1, -0.05) is 13.3 Å². The third-order valence-corrected chi connectivity index (χ3v) is 4.06. The SMILES string of the molecule is CC(CN)C(=O)Nc1ccc2nc(C3CCC3)[nH]c2c1.Cl.Cl. The van der Waals surface area contributed by atoms with Crippen LogP contribution in [0.1, 0.15) is 37.9 Å². The van der Waals surface area contributed by atoms with Crippen molar-refractivity contribution in [1.29, 1.82) is 0 Å². The average molecular weight is 345 g/mol. The molecule has 5 nitrogen and oxygen atoms in total. The second-order valence-corrected chi connectivity index (χ2v) is 5.61. The summed E-state index contributed by atoms with van der Waals surface area (Å²) in [6.45, 7) is 2.17. The number of aromatic amines is 1. The minimum Gasteiger partial charge on any atom is -0.342 e. The van der Waals surface area contributed by atoms with Crippen molar-refractivity contribution in [2.24, 2.45) is 11.7 Å². The van der Waals surface area contributed by atoms with Gasteiger partial charge < -0.3 is 16.0 Å². The van der Waals surface area contributed by atoms with Gasteiger partial charge in [0.05, 0.1) is 11.0 Å². The fourth-order valence-corrected chi connectivity index (χ4v) is 2.35. The van der Waals surface area contributed by atoms with Crippen molar-refractivity contribution in [2.45, 2.75) is 32.1 Å². The summed E-state index contributed by atoms with van der Waals surface area (Å²) >= 11 is 0. The van der Waals surface area contributed by atoms with E-state index in [-0.39, 0.29) is 36.6 Å². The molecule has 1 aliphatic carbocycles. The first-order chi connectivity index (χ1) is 9.67. The molecule has 1 fully saturated rings. The van der Waals surface area contributed by atoms with E-state index in [1.807, 2.05) is 25.1 Å². The molecule has 1 aromatic carbocycles. The molecule has 4 N–H and O–H groups in total. The van der Waals surface area contributed by atoms with Gasteiger partial charge >= 0.3 is 0 Å². The van der Waals surface area contributed by atoms with E-state index in [0.717, 1.165) is 22.5 Å². The number of rotatable bonds is 4. The number of nitrogens with zero attached hydrogens (tertiary/aromatic N) is 1. The molecule has 0 aliphatic heterocycles. The predicted octanol–water partition coefficient (Wildman–Crippen LogP) is 3.21. The number of anilines is 1. The van der Waals surface area contributed by atoms with Gasteiger partial charge in [-0.2, -0.15) is 0 Å². The molecule has 1 atom stereocenters. The first-order valence-corrected chi connectivity index (χ1v) is 7.18. The maximum absolute atomic E-state index is 11.8. The standard InChI is InChI=1S/C15H20N4O.2ClH/c1-9(8-16)15(20)17-11-5-6-12-13(7-11)19-14(18-12)10-3-2-4-10;;/h5-7,9-10H,2-4,8,16H2,1H3,(H,17,20)(H,18,19);2*1H. The molecule has 122 valence electrons. The number of aromatic nitrogens is 2. The van der Waals surface area contributed by atoms with Crippen LogP contribution in [0.2, 0.25) is 0 Å². The maximum Gasteiger partial charge on any atom is 0.228 e. The minimum atomic E-state index is -0.182. The van der Waals surface area contributed by atoms with Crippen molar-refractivity contribution in [3.8, 4) is 0 Å². The molecule has 0 saturated heterocycles. The Bertz CT molecular complexity index is 640. The van der Waals surface area contributed by atoms with Crippen LogP contribution in [0.5, 0.6) is 0 Å². The number of nitrogens with two attached hydrogens (primary N) is 1. The number of fused-ring (bicyclic) bond motifs is 1. The van der Waals surface area contributed by atoms with Gasteiger partial charge in [-0.15, -0.1) is 24.8 Å². The molecule has 1 amide bonds. The molecular weight excluding hydrogens is 323 g/mol. The number of halogens is 2. The summed E-state index contributed by atoms with van der Waals surface area (Å²) in [4.78, 5) is 19.8. The van der Waals surface area contributed by atoms with Gasteiger partial charge in [0.25, 0.3) is 0 Å². The smallest absolute Gasteiger partial charge is 0.228 e. The third kappa shape index (κ3) is 3.72. The second kappa shape index (κ2) is 7.81. The van der Waals surface area contributed by atoms with Gasteiger partial charge in [0.2, 0.25) is 5.91 Å². The number of carbonyl (C=O) groups excluding carboxylic acids is 1. The molecule has 1 unspecified atom stereocenters. The molecule has 1 heterocycles. The molecule has 1 aromatic heterocycles. The van der Waals surface area contributed by atoms with E-state index in [4.69, 9.17) is 5.73 Å². The average Bonchev–Trinajstić information content (AvgIpc) is 2.77. The number of amides is 1. The van der Waals surface area contributed by atoms with Gasteiger partial charge in [-0.25, -0.2) is 4.98 Å². The van der Waals surface area contributed by atoms with E-state index in [1.165, 1.54) is 19.3 Å². The topological polar surface area (TPSA) is 83.8 Å². The highest BCUT2D eigenvalue weighted by Crippen LogP contribution is 2.35. The highest BCUT2D eigenvalue weighted by atomic mass is 35.5. The van der Waals surface area contributed by atoms with E-state index in [2.05, 4.69) is 15.3 Å². The fourth-order valence-electron chi connectivity index (χ4n) is 2.35. The van der Waals surface area contributed by atoms with E-state index in [0.29, 0.717) is 12.5 Å². The minimum absolute atomic E-state index is 0. The predicted molar refractivity (Wildman–Crippen MR) is 94.0 cm³/mol. The molecule has 0 bridgehead atoms. The maximum atomic E-state index is 11.8. The zero-order valence-corrected chi connectivity index (χ0v) is 14.1. The van der Waals surface area contributed by atoms with E-state index in [1.54, 1.807) is 0 Å². The van der Waals surface area contributed by atoms with E-state index >= 15 is 0 Å². The summed E-state index contributed by atoms with van der Waals surface area (Å²) in [6.07, 6.45) is 3.73. The molecule has 0 radical (unpaired) electrons. The van der Waals surface area contributed by atoms with Gasteiger partial charge in [0, 0.05) is 24.1 Å². The highest BCUT2D eigenvalue weighted by Gasteiger charge is 2.22. The number of hydrogen-bond donors (Lipinski definition) is 3. The summed E-state index contributed by atoms with van der Waals surface area (Å²) in [6, 6.07) is 5.76. The van der Waals surface area contributed by atoms with Crippen LogP contribution in [0.4, 0.5) is 5.69 Å². The Hall–Kier alpha value is -1.30. The van der Waals surface area contributed by atoms with Gasteiger partial charge in [-0.05, 0) is 31.0 Å². The van der Waals surface area contributed by atoms with Crippen LogP contribution in [-0.2, 0) is 4.79 Å². The van der Waals surface area contributed by atoms with E-state index in [9.17, 15) is 4.79 Å².